The summed E-state index contributed by atoms with van der Waals surface area (Å²) in [5, 5.41) is 3.47. The van der Waals surface area contributed by atoms with Crippen molar-refractivity contribution < 1.29 is 4.79 Å². The minimum absolute atomic E-state index is 0.0723. The Morgan fingerprint density at radius 3 is 2.65 bits per heavy atom. The first-order chi connectivity index (χ1) is 15.2. The molecule has 31 heavy (non-hydrogen) atoms. The Morgan fingerprint density at radius 1 is 1.03 bits per heavy atom. The summed E-state index contributed by atoms with van der Waals surface area (Å²) in [7, 11) is 0. The molecule has 1 aromatic heterocycles. The fraction of sp³-hybridized carbons (Fsp3) is 0.538. The predicted octanol–water partition coefficient (Wildman–Crippen LogP) is 3.43. The van der Waals surface area contributed by atoms with Gasteiger partial charge < -0.3 is 14.8 Å². The zero-order valence-electron chi connectivity index (χ0n) is 18.3. The van der Waals surface area contributed by atoms with Crippen molar-refractivity contribution in [1.29, 1.82) is 0 Å². The van der Waals surface area contributed by atoms with Gasteiger partial charge in [0.25, 0.3) is 11.5 Å². The van der Waals surface area contributed by atoms with E-state index in [9.17, 15) is 9.59 Å². The van der Waals surface area contributed by atoms with Crippen molar-refractivity contribution in [2.24, 2.45) is 11.8 Å². The molecule has 5 rings (SSSR count). The number of carbonyl (C=O) groups excluding carboxylic acids is 1. The van der Waals surface area contributed by atoms with Gasteiger partial charge in [0.05, 0.1) is 0 Å². The first-order valence-electron chi connectivity index (χ1n) is 12.0. The van der Waals surface area contributed by atoms with Crippen LogP contribution in [-0.2, 0) is 13.0 Å². The van der Waals surface area contributed by atoms with Crippen LogP contribution in [0.4, 0.5) is 0 Å². The molecule has 1 amide bonds. The zero-order chi connectivity index (χ0) is 21.2. The molecule has 2 atom stereocenters. The first kappa shape index (κ1) is 20.5. The number of hydrogen-bond acceptors (Lipinski definition) is 3. The van der Waals surface area contributed by atoms with Gasteiger partial charge in [-0.3, -0.25) is 9.59 Å². The number of pyridine rings is 1. The Kier molecular flexibility index (Phi) is 5.95. The Labute approximate surface area is 184 Å². The molecule has 164 valence electrons. The topological polar surface area (TPSA) is 54.3 Å². The molecule has 2 bridgehead atoms. The Bertz CT molecular complexity index is 976. The quantitative estimate of drug-likeness (QED) is 0.808. The normalized spacial score (nSPS) is 23.4. The molecule has 4 heterocycles. The predicted molar refractivity (Wildman–Crippen MR) is 122 cm³/mol. The van der Waals surface area contributed by atoms with Gasteiger partial charge in [0, 0.05) is 37.8 Å². The number of nitrogens with one attached hydrogen (secondary N) is 1. The van der Waals surface area contributed by atoms with Crippen LogP contribution < -0.4 is 10.9 Å². The van der Waals surface area contributed by atoms with Crippen LogP contribution in [0.1, 0.15) is 59.6 Å². The SMILES string of the molecule is O=C(c1ccc2n(c1=O)C[C@@H]1CNC[C@H]2C1)N1CCC(CCCc2ccccc2)CC1. The van der Waals surface area contributed by atoms with Crippen LogP contribution in [0.25, 0.3) is 0 Å². The third kappa shape index (κ3) is 4.33. The summed E-state index contributed by atoms with van der Waals surface area (Å²) in [5.41, 5.74) is 2.79. The minimum Gasteiger partial charge on any atom is -0.338 e. The van der Waals surface area contributed by atoms with Crippen molar-refractivity contribution in [2.45, 2.75) is 51.0 Å². The second kappa shape index (κ2) is 8.99. The first-order valence-corrected chi connectivity index (χ1v) is 12.0. The Balaban J connectivity index is 1.18. The molecule has 2 aromatic rings. The fourth-order valence-electron chi connectivity index (χ4n) is 5.79. The van der Waals surface area contributed by atoms with Crippen molar-refractivity contribution in [3.8, 4) is 0 Å². The van der Waals surface area contributed by atoms with Crippen LogP contribution in [0.15, 0.2) is 47.3 Å². The number of likely N-dealkylation sites (tertiary alicyclic amines) is 1. The highest BCUT2D eigenvalue weighted by Crippen LogP contribution is 2.32. The summed E-state index contributed by atoms with van der Waals surface area (Å²) < 4.78 is 1.89. The van der Waals surface area contributed by atoms with Gasteiger partial charge in [0.2, 0.25) is 0 Å². The summed E-state index contributed by atoms with van der Waals surface area (Å²) in [6, 6.07) is 14.5. The summed E-state index contributed by atoms with van der Waals surface area (Å²) in [4.78, 5) is 28.2. The summed E-state index contributed by atoms with van der Waals surface area (Å²) in [6.45, 7) is 4.18. The minimum atomic E-state index is -0.0796. The van der Waals surface area contributed by atoms with Gasteiger partial charge in [0.1, 0.15) is 5.56 Å². The van der Waals surface area contributed by atoms with E-state index in [1.807, 2.05) is 15.5 Å². The Morgan fingerprint density at radius 2 is 1.84 bits per heavy atom. The van der Waals surface area contributed by atoms with E-state index in [-0.39, 0.29) is 11.5 Å². The van der Waals surface area contributed by atoms with E-state index in [0.717, 1.165) is 64.1 Å². The smallest absolute Gasteiger partial charge is 0.263 e. The lowest BCUT2D eigenvalue weighted by atomic mass is 9.84. The highest BCUT2D eigenvalue weighted by molar-refractivity contribution is 5.94. The van der Waals surface area contributed by atoms with E-state index in [0.29, 0.717) is 23.3 Å². The lowest BCUT2D eigenvalue weighted by molar-refractivity contribution is 0.0682. The lowest BCUT2D eigenvalue weighted by Crippen LogP contribution is -2.47. The lowest BCUT2D eigenvalue weighted by Gasteiger charge is -2.38. The fourth-order valence-corrected chi connectivity index (χ4v) is 5.79. The van der Waals surface area contributed by atoms with Gasteiger partial charge in [-0.1, -0.05) is 30.3 Å². The molecule has 5 heteroatoms. The third-order valence-corrected chi connectivity index (χ3v) is 7.56. The van der Waals surface area contributed by atoms with Crippen LogP contribution in [0.5, 0.6) is 0 Å². The highest BCUT2D eigenvalue weighted by atomic mass is 16.2. The zero-order valence-corrected chi connectivity index (χ0v) is 18.3. The Hall–Kier alpha value is -2.40. The number of aromatic nitrogens is 1. The van der Waals surface area contributed by atoms with Crippen LogP contribution in [0.3, 0.4) is 0 Å². The molecule has 0 spiro atoms. The van der Waals surface area contributed by atoms with Crippen molar-refractivity contribution in [2.75, 3.05) is 26.2 Å². The van der Waals surface area contributed by atoms with E-state index in [1.54, 1.807) is 6.07 Å². The van der Waals surface area contributed by atoms with E-state index in [4.69, 9.17) is 0 Å². The van der Waals surface area contributed by atoms with Gasteiger partial charge in [-0.15, -0.1) is 0 Å². The number of aryl methyl sites for hydroxylation is 1. The second-order valence-corrected chi connectivity index (χ2v) is 9.66. The van der Waals surface area contributed by atoms with Crippen molar-refractivity contribution in [1.82, 2.24) is 14.8 Å². The van der Waals surface area contributed by atoms with Gasteiger partial charge in [-0.25, -0.2) is 0 Å². The van der Waals surface area contributed by atoms with Gasteiger partial charge in [-0.2, -0.15) is 0 Å². The molecule has 3 aliphatic rings. The van der Waals surface area contributed by atoms with Gasteiger partial charge >= 0.3 is 0 Å². The molecule has 0 aliphatic carbocycles. The molecule has 0 radical (unpaired) electrons. The summed E-state index contributed by atoms with van der Waals surface area (Å²) in [6.07, 6.45) is 6.79. The number of nitrogens with zero attached hydrogens (tertiary/aromatic N) is 2. The van der Waals surface area contributed by atoms with E-state index >= 15 is 0 Å². The number of fused-ring (bicyclic) bond motifs is 4. The molecular weight excluding hydrogens is 386 g/mol. The van der Waals surface area contributed by atoms with Crippen LogP contribution >= 0.6 is 0 Å². The standard InChI is InChI=1S/C26H33N3O2/c30-25(23-9-10-24-22-15-21(16-27-17-22)18-29(24)26(23)31)28-13-11-20(12-14-28)8-4-7-19-5-2-1-3-6-19/h1-3,5-6,9-10,20-22,27H,4,7-8,11-18H2/t21-,22+/m0/s1. The summed E-state index contributed by atoms with van der Waals surface area (Å²) in [5.74, 6) is 1.51. The molecule has 0 unspecified atom stereocenters. The van der Waals surface area contributed by atoms with E-state index in [2.05, 4.69) is 35.6 Å². The molecule has 1 aromatic carbocycles. The number of rotatable bonds is 5. The molecule has 2 fully saturated rings. The maximum Gasteiger partial charge on any atom is 0.263 e. The number of benzene rings is 1. The van der Waals surface area contributed by atoms with Crippen LogP contribution in [0.2, 0.25) is 0 Å². The van der Waals surface area contributed by atoms with E-state index < -0.39 is 0 Å². The molecule has 3 aliphatic heterocycles. The maximum absolute atomic E-state index is 13.2. The monoisotopic (exact) mass is 419 g/mol. The molecule has 2 saturated heterocycles. The molecular formula is C26H33N3O2. The van der Waals surface area contributed by atoms with Gasteiger partial charge in [-0.05, 0) is 74.6 Å². The number of carbonyl (C=O) groups is 1. The van der Waals surface area contributed by atoms with Crippen molar-refractivity contribution in [3.05, 3.63) is 69.6 Å². The van der Waals surface area contributed by atoms with E-state index in [1.165, 1.54) is 18.4 Å². The largest absolute Gasteiger partial charge is 0.338 e. The number of amides is 1. The second-order valence-electron chi connectivity index (χ2n) is 9.66. The van der Waals surface area contributed by atoms with Crippen LogP contribution in [0, 0.1) is 11.8 Å². The molecule has 0 saturated carbocycles. The molecule has 5 nitrogen and oxygen atoms in total. The summed E-state index contributed by atoms with van der Waals surface area (Å²) >= 11 is 0. The molecule has 1 N–H and O–H groups in total. The average molecular weight is 420 g/mol. The van der Waals surface area contributed by atoms with Gasteiger partial charge in [0.15, 0.2) is 0 Å². The van der Waals surface area contributed by atoms with Crippen molar-refractivity contribution >= 4 is 5.91 Å². The maximum atomic E-state index is 13.2. The van der Waals surface area contributed by atoms with Crippen LogP contribution in [-0.4, -0.2) is 41.6 Å². The average Bonchev–Trinajstić information content (AvgIpc) is 2.81. The van der Waals surface area contributed by atoms with Crippen molar-refractivity contribution in [3.63, 3.8) is 0 Å². The third-order valence-electron chi connectivity index (χ3n) is 7.56. The number of hydrogen-bond donors (Lipinski definition) is 1. The number of piperidine rings is 2. The highest BCUT2D eigenvalue weighted by Gasteiger charge is 2.33.